The first-order valence-corrected chi connectivity index (χ1v) is 12.3. The van der Waals surface area contributed by atoms with Crippen LogP contribution in [-0.4, -0.2) is 18.3 Å². The number of rotatable bonds is 3. The van der Waals surface area contributed by atoms with E-state index in [1.54, 1.807) is 0 Å². The lowest BCUT2D eigenvalue weighted by atomic mass is 9.78. The lowest BCUT2D eigenvalue weighted by molar-refractivity contribution is 0.00578. The molecule has 0 aliphatic carbocycles. The van der Waals surface area contributed by atoms with Crippen molar-refractivity contribution < 1.29 is 9.31 Å². The van der Waals surface area contributed by atoms with Gasteiger partial charge in [0.25, 0.3) is 0 Å². The molecule has 0 unspecified atom stereocenters. The predicted molar refractivity (Wildman–Crippen MR) is 148 cm³/mol. The van der Waals surface area contributed by atoms with Gasteiger partial charge < -0.3 is 9.31 Å². The van der Waals surface area contributed by atoms with Crippen LogP contribution in [0.4, 0.5) is 0 Å². The Bertz CT molecular complexity index is 1550. The zero-order chi connectivity index (χ0) is 24.2. The molecule has 0 radical (unpaired) electrons. The summed E-state index contributed by atoms with van der Waals surface area (Å²) < 4.78 is 12.5. The molecule has 1 aliphatic heterocycles. The molecule has 1 fully saturated rings. The summed E-state index contributed by atoms with van der Waals surface area (Å²) in [5.41, 5.74) is 5.21. The molecule has 35 heavy (non-hydrogen) atoms. The van der Waals surface area contributed by atoms with Crippen LogP contribution in [0, 0.1) is 0 Å². The van der Waals surface area contributed by atoms with Crippen LogP contribution in [-0.2, 0) is 9.31 Å². The van der Waals surface area contributed by atoms with Crippen LogP contribution in [0.1, 0.15) is 27.7 Å². The first-order valence-electron chi connectivity index (χ1n) is 12.3. The molecule has 1 saturated heterocycles. The number of hydrogen-bond acceptors (Lipinski definition) is 2. The second-order valence-corrected chi connectivity index (χ2v) is 10.5. The Hall–Kier alpha value is -3.40. The minimum Gasteiger partial charge on any atom is -0.399 e. The van der Waals surface area contributed by atoms with Crippen LogP contribution >= 0.6 is 0 Å². The Labute approximate surface area is 207 Å². The van der Waals surface area contributed by atoms with Gasteiger partial charge in [-0.05, 0) is 89.1 Å². The van der Waals surface area contributed by atoms with E-state index in [2.05, 4.69) is 131 Å². The van der Waals surface area contributed by atoms with Gasteiger partial charge in [0.15, 0.2) is 0 Å². The van der Waals surface area contributed by atoms with E-state index in [4.69, 9.17) is 9.31 Å². The van der Waals surface area contributed by atoms with Crippen LogP contribution in [0.15, 0.2) is 103 Å². The van der Waals surface area contributed by atoms with E-state index >= 15 is 0 Å². The van der Waals surface area contributed by atoms with Gasteiger partial charge in [0, 0.05) is 0 Å². The fourth-order valence-electron chi connectivity index (χ4n) is 4.91. The van der Waals surface area contributed by atoms with Gasteiger partial charge in [-0.3, -0.25) is 0 Å². The van der Waals surface area contributed by atoms with E-state index in [9.17, 15) is 0 Å². The molecule has 0 bridgehead atoms. The lowest BCUT2D eigenvalue weighted by Gasteiger charge is -2.32. The van der Waals surface area contributed by atoms with Crippen LogP contribution in [0.5, 0.6) is 0 Å². The molecule has 0 saturated carbocycles. The van der Waals surface area contributed by atoms with Crippen LogP contribution in [0.25, 0.3) is 43.8 Å². The first kappa shape index (κ1) is 22.1. The summed E-state index contributed by atoms with van der Waals surface area (Å²) in [6.07, 6.45) is 0. The first-order chi connectivity index (χ1) is 16.8. The summed E-state index contributed by atoms with van der Waals surface area (Å²) in [5.74, 6) is 0. The maximum atomic E-state index is 6.27. The van der Waals surface area contributed by atoms with Gasteiger partial charge in [-0.15, -0.1) is 0 Å². The smallest absolute Gasteiger partial charge is 0.399 e. The second-order valence-electron chi connectivity index (χ2n) is 10.5. The average Bonchev–Trinajstić information content (AvgIpc) is 3.09. The molecule has 6 rings (SSSR count). The van der Waals surface area contributed by atoms with Gasteiger partial charge in [0.05, 0.1) is 11.2 Å². The highest BCUT2D eigenvalue weighted by Gasteiger charge is 2.51. The van der Waals surface area contributed by atoms with Crippen molar-refractivity contribution in [3.63, 3.8) is 0 Å². The van der Waals surface area contributed by atoms with Gasteiger partial charge in [-0.2, -0.15) is 0 Å². The van der Waals surface area contributed by atoms with Gasteiger partial charge in [-0.1, -0.05) is 91.0 Å². The average molecular weight is 456 g/mol. The minimum absolute atomic E-state index is 0.349. The van der Waals surface area contributed by atoms with E-state index in [-0.39, 0.29) is 18.3 Å². The summed E-state index contributed by atoms with van der Waals surface area (Å²) in [5, 5.41) is 5.02. The summed E-state index contributed by atoms with van der Waals surface area (Å²) in [6.45, 7) is 8.36. The molecule has 3 heteroatoms. The second kappa shape index (κ2) is 8.08. The largest absolute Gasteiger partial charge is 0.494 e. The van der Waals surface area contributed by atoms with Gasteiger partial charge in [0.1, 0.15) is 0 Å². The Balaban J connectivity index is 1.34. The standard InChI is InChI=1S/C32H29BO2/c1-31(2)32(3,4)35-33(34-31)28-12-7-11-23(21-28)24-15-16-26-20-27(18-17-25(26)19-24)30-14-8-10-22-9-5-6-13-29(22)30/h5-21H,1-4H3. The molecule has 0 N–H and O–H groups in total. The molecule has 172 valence electrons. The monoisotopic (exact) mass is 456 g/mol. The summed E-state index contributed by atoms with van der Waals surface area (Å²) in [4.78, 5) is 0. The third-order valence-electron chi connectivity index (χ3n) is 7.69. The molecule has 1 aliphatic rings. The zero-order valence-electron chi connectivity index (χ0n) is 20.7. The van der Waals surface area contributed by atoms with Crippen molar-refractivity contribution in [2.24, 2.45) is 0 Å². The summed E-state index contributed by atoms with van der Waals surface area (Å²) >= 11 is 0. The van der Waals surface area contributed by atoms with Crippen molar-refractivity contribution in [3.05, 3.63) is 103 Å². The topological polar surface area (TPSA) is 18.5 Å². The third-order valence-corrected chi connectivity index (χ3v) is 7.69. The molecule has 0 aromatic heterocycles. The maximum absolute atomic E-state index is 6.27. The Kier molecular flexibility index (Phi) is 5.10. The van der Waals surface area contributed by atoms with Crippen molar-refractivity contribution in [1.82, 2.24) is 0 Å². The van der Waals surface area contributed by atoms with Crippen LogP contribution in [0.3, 0.4) is 0 Å². The van der Waals surface area contributed by atoms with E-state index < -0.39 is 0 Å². The number of benzene rings is 5. The predicted octanol–water partition coefficient (Wildman–Crippen LogP) is 7.63. The van der Waals surface area contributed by atoms with E-state index in [0.717, 1.165) is 11.0 Å². The highest BCUT2D eigenvalue weighted by Crippen LogP contribution is 2.37. The number of fused-ring (bicyclic) bond motifs is 2. The van der Waals surface area contributed by atoms with Gasteiger partial charge in [0.2, 0.25) is 0 Å². The van der Waals surface area contributed by atoms with Crippen molar-refractivity contribution in [1.29, 1.82) is 0 Å². The van der Waals surface area contributed by atoms with E-state index in [1.807, 2.05) is 0 Å². The summed E-state index contributed by atoms with van der Waals surface area (Å²) in [6, 6.07) is 37.1. The zero-order valence-corrected chi connectivity index (χ0v) is 20.7. The molecule has 0 atom stereocenters. The Morgan fingerprint density at radius 3 is 1.89 bits per heavy atom. The van der Waals surface area contributed by atoms with Crippen LogP contribution < -0.4 is 5.46 Å². The molecule has 0 amide bonds. The van der Waals surface area contributed by atoms with Crippen LogP contribution in [0.2, 0.25) is 0 Å². The van der Waals surface area contributed by atoms with E-state index in [0.29, 0.717) is 0 Å². The molecule has 5 aromatic carbocycles. The molecule has 0 spiro atoms. The molecular formula is C32H29BO2. The van der Waals surface area contributed by atoms with Gasteiger partial charge >= 0.3 is 7.12 Å². The van der Waals surface area contributed by atoms with Crippen molar-refractivity contribution in [2.45, 2.75) is 38.9 Å². The van der Waals surface area contributed by atoms with Crippen molar-refractivity contribution >= 4 is 34.1 Å². The Morgan fingerprint density at radius 1 is 0.514 bits per heavy atom. The third kappa shape index (κ3) is 3.85. The fraction of sp³-hybridized carbons (Fsp3) is 0.188. The Morgan fingerprint density at radius 2 is 1.11 bits per heavy atom. The van der Waals surface area contributed by atoms with Crippen molar-refractivity contribution in [2.75, 3.05) is 0 Å². The quantitative estimate of drug-likeness (QED) is 0.260. The van der Waals surface area contributed by atoms with E-state index in [1.165, 1.54) is 38.2 Å². The van der Waals surface area contributed by atoms with Crippen molar-refractivity contribution in [3.8, 4) is 22.3 Å². The lowest BCUT2D eigenvalue weighted by Crippen LogP contribution is -2.41. The highest BCUT2D eigenvalue weighted by molar-refractivity contribution is 6.62. The summed E-state index contributed by atoms with van der Waals surface area (Å²) in [7, 11) is -0.358. The molecular weight excluding hydrogens is 427 g/mol. The fourth-order valence-corrected chi connectivity index (χ4v) is 4.91. The SMILES string of the molecule is CC1(C)OB(c2cccc(-c3ccc4cc(-c5cccc6ccccc56)ccc4c3)c2)OC1(C)C. The molecule has 2 nitrogen and oxygen atoms in total. The molecule has 1 heterocycles. The molecule has 5 aromatic rings. The highest BCUT2D eigenvalue weighted by atomic mass is 16.7. The minimum atomic E-state index is -0.358. The maximum Gasteiger partial charge on any atom is 0.494 e. The number of hydrogen-bond donors (Lipinski definition) is 0. The van der Waals surface area contributed by atoms with Gasteiger partial charge in [-0.25, -0.2) is 0 Å². The normalized spacial score (nSPS) is 16.7.